The van der Waals surface area contributed by atoms with Gasteiger partial charge in [-0.2, -0.15) is 0 Å². The third-order valence-electron chi connectivity index (χ3n) is 4.36. The average molecular weight is 398 g/mol. The molecule has 4 amide bonds. The molecule has 1 heterocycles. The highest BCUT2D eigenvalue weighted by Gasteiger charge is 2.53. The fraction of sp³-hybridized carbons (Fsp3) is 0.667. The van der Waals surface area contributed by atoms with E-state index in [-0.39, 0.29) is 57.6 Å². The molecule has 1 N–H and O–H groups in total. The van der Waals surface area contributed by atoms with Crippen molar-refractivity contribution in [2.45, 2.75) is 52.9 Å². The number of urea groups is 1. The van der Waals surface area contributed by atoms with E-state index in [0.717, 1.165) is 4.90 Å². The van der Waals surface area contributed by atoms with Crippen LogP contribution in [0.15, 0.2) is 0 Å². The summed E-state index contributed by atoms with van der Waals surface area (Å²) in [4.78, 5) is 73.2. The molecule has 0 aromatic heterocycles. The number of carbonyl (C=O) groups is 6. The van der Waals surface area contributed by atoms with Gasteiger partial charge in [0, 0.05) is 19.4 Å². The highest BCUT2D eigenvalue weighted by molar-refractivity contribution is 6.19. The third-order valence-corrected chi connectivity index (χ3v) is 4.36. The quantitative estimate of drug-likeness (QED) is 0.397. The van der Waals surface area contributed by atoms with Gasteiger partial charge < -0.3 is 14.3 Å². The van der Waals surface area contributed by atoms with Gasteiger partial charge in [-0.15, -0.1) is 0 Å². The molecule has 1 saturated heterocycles. The van der Waals surface area contributed by atoms with Crippen molar-refractivity contribution in [3.63, 3.8) is 0 Å². The Morgan fingerprint density at radius 3 is 2.00 bits per heavy atom. The summed E-state index contributed by atoms with van der Waals surface area (Å²) < 4.78 is 9.62. The van der Waals surface area contributed by atoms with Crippen molar-refractivity contribution in [3.05, 3.63) is 0 Å². The zero-order valence-corrected chi connectivity index (χ0v) is 16.4. The summed E-state index contributed by atoms with van der Waals surface area (Å²) in [6, 6.07) is -0.950. The lowest BCUT2D eigenvalue weighted by Crippen LogP contribution is -2.64. The van der Waals surface area contributed by atoms with Crippen LogP contribution in [-0.2, 0) is 33.4 Å². The summed E-state index contributed by atoms with van der Waals surface area (Å²) in [6.45, 7) is 4.57. The molecule has 1 rings (SSSR count). The number of hydrogen-bond donors (Lipinski definition) is 1. The van der Waals surface area contributed by atoms with Gasteiger partial charge in [0.1, 0.15) is 11.2 Å². The molecule has 0 radical (unpaired) electrons. The van der Waals surface area contributed by atoms with Gasteiger partial charge in [-0.1, -0.05) is 0 Å². The number of carbonyl (C=O) groups excluding carboxylic acids is 6. The summed E-state index contributed by atoms with van der Waals surface area (Å²) in [5.74, 6) is -3.14. The number of ketones is 1. The SMILES string of the molecule is CCOC(=O)CCN1C(=O)NC(=O)C(CCC(C)=O)(CCC(=O)OCC)C1=O. The van der Waals surface area contributed by atoms with Gasteiger partial charge in [-0.05, 0) is 33.6 Å². The van der Waals surface area contributed by atoms with Gasteiger partial charge in [-0.3, -0.25) is 29.4 Å². The second-order valence-electron chi connectivity index (χ2n) is 6.36. The van der Waals surface area contributed by atoms with E-state index >= 15 is 0 Å². The number of ether oxygens (including phenoxy) is 2. The van der Waals surface area contributed by atoms with Crippen molar-refractivity contribution in [1.82, 2.24) is 10.2 Å². The standard InChI is InChI=1S/C18H26N2O8/c1-4-27-13(22)7-10-18(9-6-12(3)21)15(24)19-17(26)20(16(18)25)11-8-14(23)28-5-2/h4-11H2,1-3H3,(H,19,24,26). The van der Waals surface area contributed by atoms with E-state index in [1.807, 2.05) is 0 Å². The third kappa shape index (κ3) is 5.86. The van der Waals surface area contributed by atoms with Crippen molar-refractivity contribution in [3.8, 4) is 0 Å². The minimum Gasteiger partial charge on any atom is -0.466 e. The zero-order chi connectivity index (χ0) is 21.3. The monoisotopic (exact) mass is 398 g/mol. The molecule has 0 aromatic rings. The first-order chi connectivity index (χ1) is 13.2. The Balaban J connectivity index is 3.07. The van der Waals surface area contributed by atoms with E-state index in [0.29, 0.717) is 0 Å². The lowest BCUT2D eigenvalue weighted by Gasteiger charge is -2.39. The van der Waals surface area contributed by atoms with Gasteiger partial charge in [0.05, 0.1) is 19.6 Å². The molecule has 10 heteroatoms. The van der Waals surface area contributed by atoms with Crippen LogP contribution in [0, 0.1) is 5.41 Å². The Labute approximate surface area is 162 Å². The molecule has 0 bridgehead atoms. The summed E-state index contributed by atoms with van der Waals surface area (Å²) in [5.41, 5.74) is -1.76. The minimum atomic E-state index is -1.76. The molecular formula is C18H26N2O8. The lowest BCUT2D eigenvalue weighted by molar-refractivity contribution is -0.154. The van der Waals surface area contributed by atoms with Crippen LogP contribution in [-0.4, -0.2) is 60.2 Å². The Hall–Kier alpha value is -2.78. The van der Waals surface area contributed by atoms with Crippen molar-refractivity contribution >= 4 is 35.6 Å². The van der Waals surface area contributed by atoms with E-state index in [4.69, 9.17) is 9.47 Å². The van der Waals surface area contributed by atoms with Crippen LogP contribution in [0.25, 0.3) is 0 Å². The normalized spacial score (nSPS) is 19.2. The number of esters is 2. The molecule has 1 fully saturated rings. The predicted octanol–water partition coefficient (Wildman–Crippen LogP) is 0.717. The minimum absolute atomic E-state index is 0.0815. The van der Waals surface area contributed by atoms with E-state index in [2.05, 4.69) is 5.32 Å². The van der Waals surface area contributed by atoms with E-state index in [1.165, 1.54) is 6.92 Å². The fourth-order valence-electron chi connectivity index (χ4n) is 2.88. The number of Topliss-reactive ketones (excluding diaryl/α,β-unsaturated/α-hetero) is 1. The zero-order valence-electron chi connectivity index (χ0n) is 16.4. The van der Waals surface area contributed by atoms with E-state index in [9.17, 15) is 28.8 Å². The van der Waals surface area contributed by atoms with Crippen LogP contribution < -0.4 is 5.32 Å². The first kappa shape index (κ1) is 23.3. The second-order valence-corrected chi connectivity index (χ2v) is 6.36. The van der Waals surface area contributed by atoms with Gasteiger partial charge in [0.15, 0.2) is 0 Å². The van der Waals surface area contributed by atoms with Crippen LogP contribution in [0.1, 0.15) is 52.9 Å². The van der Waals surface area contributed by atoms with Gasteiger partial charge in [0.2, 0.25) is 11.8 Å². The first-order valence-electron chi connectivity index (χ1n) is 9.16. The molecule has 156 valence electrons. The molecule has 0 spiro atoms. The van der Waals surface area contributed by atoms with Crippen LogP contribution in [0.3, 0.4) is 0 Å². The molecule has 1 atom stereocenters. The summed E-state index contributed by atoms with van der Waals surface area (Å²) in [7, 11) is 0. The van der Waals surface area contributed by atoms with E-state index < -0.39 is 35.2 Å². The Kier molecular flexibility index (Phi) is 8.75. The Morgan fingerprint density at radius 2 is 1.46 bits per heavy atom. The van der Waals surface area contributed by atoms with Crippen molar-refractivity contribution in [2.75, 3.05) is 19.8 Å². The Bertz CT molecular complexity index is 660. The smallest absolute Gasteiger partial charge is 0.330 e. The van der Waals surface area contributed by atoms with Crippen molar-refractivity contribution < 1.29 is 38.2 Å². The molecule has 0 aliphatic carbocycles. The molecule has 0 saturated carbocycles. The number of nitrogens with one attached hydrogen (secondary N) is 1. The fourth-order valence-corrected chi connectivity index (χ4v) is 2.88. The molecule has 10 nitrogen and oxygen atoms in total. The first-order valence-corrected chi connectivity index (χ1v) is 9.16. The molecular weight excluding hydrogens is 372 g/mol. The maximum atomic E-state index is 13.1. The average Bonchev–Trinajstić information content (AvgIpc) is 2.61. The van der Waals surface area contributed by atoms with Crippen LogP contribution >= 0.6 is 0 Å². The molecule has 1 aliphatic rings. The van der Waals surface area contributed by atoms with Crippen molar-refractivity contribution in [2.24, 2.45) is 5.41 Å². The predicted molar refractivity (Wildman–Crippen MR) is 94.7 cm³/mol. The second kappa shape index (κ2) is 10.5. The summed E-state index contributed by atoms with van der Waals surface area (Å²) in [6.07, 6.45) is -0.920. The van der Waals surface area contributed by atoms with Gasteiger partial charge >= 0.3 is 18.0 Å². The summed E-state index contributed by atoms with van der Waals surface area (Å²) >= 11 is 0. The number of rotatable bonds is 11. The maximum Gasteiger partial charge on any atom is 0.330 e. The van der Waals surface area contributed by atoms with Crippen LogP contribution in [0.4, 0.5) is 4.79 Å². The Morgan fingerprint density at radius 1 is 0.929 bits per heavy atom. The highest BCUT2D eigenvalue weighted by atomic mass is 16.5. The topological polar surface area (TPSA) is 136 Å². The lowest BCUT2D eigenvalue weighted by atomic mass is 9.75. The van der Waals surface area contributed by atoms with Crippen LogP contribution in [0.5, 0.6) is 0 Å². The molecule has 1 unspecified atom stereocenters. The van der Waals surface area contributed by atoms with Crippen molar-refractivity contribution in [1.29, 1.82) is 0 Å². The number of nitrogens with zero attached hydrogens (tertiary/aromatic N) is 1. The highest BCUT2D eigenvalue weighted by Crippen LogP contribution is 2.36. The largest absolute Gasteiger partial charge is 0.466 e. The summed E-state index contributed by atoms with van der Waals surface area (Å²) in [5, 5.41) is 2.10. The molecule has 1 aliphatic heterocycles. The number of hydrogen-bond acceptors (Lipinski definition) is 8. The number of barbiturate groups is 1. The van der Waals surface area contributed by atoms with E-state index in [1.54, 1.807) is 13.8 Å². The molecule has 0 aromatic carbocycles. The van der Waals surface area contributed by atoms with Gasteiger partial charge in [-0.25, -0.2) is 4.79 Å². The van der Waals surface area contributed by atoms with Gasteiger partial charge in [0.25, 0.3) is 0 Å². The molecule has 28 heavy (non-hydrogen) atoms. The maximum absolute atomic E-state index is 13.1. The number of amides is 4. The number of imide groups is 2. The van der Waals surface area contributed by atoms with Crippen LogP contribution in [0.2, 0.25) is 0 Å².